The zero-order valence-electron chi connectivity index (χ0n) is 16.7. The van der Waals surface area contributed by atoms with Crippen LogP contribution in [0.1, 0.15) is 23.2 Å². The molecule has 1 aromatic heterocycles. The lowest BCUT2D eigenvalue weighted by molar-refractivity contribution is -0.137. The van der Waals surface area contributed by atoms with Gasteiger partial charge in [0.2, 0.25) is 0 Å². The molecule has 1 aliphatic rings. The molecular weight excluding hydrogens is 380 g/mol. The van der Waals surface area contributed by atoms with Crippen molar-refractivity contribution >= 4 is 22.7 Å². The van der Waals surface area contributed by atoms with Gasteiger partial charge in [-0.3, -0.25) is 10.2 Å². The van der Waals surface area contributed by atoms with Crippen LogP contribution in [-0.4, -0.2) is 40.7 Å². The first-order valence-corrected chi connectivity index (χ1v) is 10.1. The Morgan fingerprint density at radius 3 is 2.67 bits per heavy atom. The minimum Gasteiger partial charge on any atom is -0.489 e. The molecule has 0 aliphatic carbocycles. The van der Waals surface area contributed by atoms with Gasteiger partial charge < -0.3 is 25.5 Å². The number of nitrogens with zero attached hydrogens (tertiary/aromatic N) is 1. The summed E-state index contributed by atoms with van der Waals surface area (Å²) in [5, 5.41) is 21.3. The maximum Gasteiger partial charge on any atom is 0.323 e. The van der Waals surface area contributed by atoms with E-state index in [-0.39, 0.29) is 18.5 Å². The molecule has 1 aliphatic heterocycles. The number of aromatic nitrogens is 1. The number of rotatable bonds is 8. The number of benzene rings is 2. The Morgan fingerprint density at radius 1 is 1.20 bits per heavy atom. The highest BCUT2D eigenvalue weighted by Gasteiger charge is 2.16. The van der Waals surface area contributed by atoms with Crippen LogP contribution in [0.25, 0.3) is 10.9 Å². The van der Waals surface area contributed by atoms with E-state index < -0.39 is 5.97 Å². The average molecular weight is 406 g/mol. The van der Waals surface area contributed by atoms with Gasteiger partial charge in [0.05, 0.1) is 0 Å². The first kappa shape index (κ1) is 20.0. The van der Waals surface area contributed by atoms with Gasteiger partial charge in [0.25, 0.3) is 0 Å². The molecule has 0 bridgehead atoms. The molecule has 7 nitrogen and oxygen atoms in total. The van der Waals surface area contributed by atoms with Crippen LogP contribution in [0.4, 0.5) is 0 Å². The first-order chi connectivity index (χ1) is 14.5. The summed E-state index contributed by atoms with van der Waals surface area (Å²) < 4.78 is 7.77. The smallest absolute Gasteiger partial charge is 0.323 e. The lowest BCUT2D eigenvalue weighted by Crippen LogP contribution is -2.19. The van der Waals surface area contributed by atoms with Crippen LogP contribution in [-0.2, 0) is 24.2 Å². The van der Waals surface area contributed by atoms with Crippen molar-refractivity contribution in [2.75, 3.05) is 13.1 Å². The van der Waals surface area contributed by atoms with Crippen molar-refractivity contribution in [3.8, 4) is 5.75 Å². The summed E-state index contributed by atoms with van der Waals surface area (Å²) in [4.78, 5) is 11.4. The zero-order valence-corrected chi connectivity index (χ0v) is 16.7. The number of hydrogen-bond acceptors (Lipinski definition) is 4. The van der Waals surface area contributed by atoms with Crippen molar-refractivity contribution in [2.45, 2.75) is 31.9 Å². The van der Waals surface area contributed by atoms with E-state index in [1.807, 2.05) is 24.3 Å². The van der Waals surface area contributed by atoms with Crippen molar-refractivity contribution in [1.82, 2.24) is 9.88 Å². The Kier molecular flexibility index (Phi) is 5.72. The molecule has 0 spiro atoms. The van der Waals surface area contributed by atoms with Crippen LogP contribution in [0.2, 0.25) is 0 Å². The van der Waals surface area contributed by atoms with Crippen LogP contribution in [0.5, 0.6) is 5.75 Å². The molecule has 2 heterocycles. The Bertz CT molecular complexity index is 1070. The second kappa shape index (κ2) is 8.59. The van der Waals surface area contributed by atoms with E-state index in [1.165, 1.54) is 5.56 Å². The normalized spacial score (nSPS) is 16.1. The maximum absolute atomic E-state index is 11.4. The van der Waals surface area contributed by atoms with Crippen LogP contribution in [0.15, 0.2) is 48.5 Å². The van der Waals surface area contributed by atoms with Crippen molar-refractivity contribution in [3.63, 3.8) is 0 Å². The van der Waals surface area contributed by atoms with E-state index in [2.05, 4.69) is 17.4 Å². The number of ether oxygens (including phenoxy) is 1. The topological polar surface area (TPSA) is 113 Å². The van der Waals surface area contributed by atoms with Crippen molar-refractivity contribution in [2.24, 2.45) is 5.73 Å². The SMILES string of the molecule is N=C(N)c1ccc2cc(CCc3ccc(O[C@H]4CCNC4)cc3)n(CC(=O)O)c2c1. The average Bonchev–Trinajstić information content (AvgIpc) is 3.35. The van der Waals surface area contributed by atoms with Crippen LogP contribution in [0, 0.1) is 5.41 Å². The van der Waals surface area contributed by atoms with Gasteiger partial charge in [-0.25, -0.2) is 0 Å². The predicted molar refractivity (Wildman–Crippen MR) is 116 cm³/mol. The van der Waals surface area contributed by atoms with E-state index >= 15 is 0 Å². The third-order valence-electron chi connectivity index (χ3n) is 5.51. The van der Waals surface area contributed by atoms with Gasteiger partial charge in [-0.15, -0.1) is 0 Å². The number of nitrogens with two attached hydrogens (primary N) is 1. The molecule has 7 heteroatoms. The zero-order chi connectivity index (χ0) is 21.1. The lowest BCUT2D eigenvalue weighted by Gasteiger charge is -2.13. The number of hydrogen-bond donors (Lipinski definition) is 4. The monoisotopic (exact) mass is 406 g/mol. The van der Waals surface area contributed by atoms with Crippen molar-refractivity contribution in [1.29, 1.82) is 5.41 Å². The van der Waals surface area contributed by atoms with Crippen LogP contribution >= 0.6 is 0 Å². The summed E-state index contributed by atoms with van der Waals surface area (Å²) in [6, 6.07) is 15.6. The standard InChI is InChI=1S/C23H26N4O3/c24-23(25)17-5-4-16-11-18(27(14-22(28)29)21(16)12-17)6-1-15-2-7-19(8-3-15)30-20-9-10-26-13-20/h2-5,7-8,11-12,20,26H,1,6,9-10,13-14H2,(H3,24,25)(H,28,29)/t20-/m0/s1. The number of aliphatic carboxylic acids is 1. The molecule has 156 valence electrons. The summed E-state index contributed by atoms with van der Waals surface area (Å²) in [5.41, 5.74) is 9.10. The maximum atomic E-state index is 11.4. The van der Waals surface area contributed by atoms with Gasteiger partial charge in [-0.2, -0.15) is 0 Å². The van der Waals surface area contributed by atoms with Gasteiger partial charge in [0.1, 0.15) is 24.2 Å². The highest BCUT2D eigenvalue weighted by Crippen LogP contribution is 2.24. The molecule has 4 rings (SSSR count). The number of nitrogens with one attached hydrogen (secondary N) is 2. The molecule has 1 fully saturated rings. The molecule has 5 N–H and O–H groups in total. The summed E-state index contributed by atoms with van der Waals surface area (Å²) >= 11 is 0. The Labute approximate surface area is 175 Å². The van der Waals surface area contributed by atoms with E-state index in [1.54, 1.807) is 16.7 Å². The minimum atomic E-state index is -0.898. The molecule has 0 saturated carbocycles. The summed E-state index contributed by atoms with van der Waals surface area (Å²) in [5.74, 6) is -0.0497. The van der Waals surface area contributed by atoms with Crippen LogP contribution < -0.4 is 15.8 Å². The number of aryl methyl sites for hydroxylation is 2. The number of carboxylic acids is 1. The Balaban J connectivity index is 1.51. The fourth-order valence-corrected chi connectivity index (χ4v) is 3.94. The third-order valence-corrected chi connectivity index (χ3v) is 5.51. The molecule has 2 aromatic carbocycles. The first-order valence-electron chi connectivity index (χ1n) is 10.1. The van der Waals surface area contributed by atoms with E-state index in [0.717, 1.165) is 48.3 Å². The summed E-state index contributed by atoms with van der Waals surface area (Å²) in [7, 11) is 0. The second-order valence-electron chi connectivity index (χ2n) is 7.68. The fraction of sp³-hybridized carbons (Fsp3) is 0.304. The van der Waals surface area contributed by atoms with E-state index in [4.69, 9.17) is 15.9 Å². The van der Waals surface area contributed by atoms with E-state index in [0.29, 0.717) is 12.0 Å². The molecule has 1 saturated heterocycles. The lowest BCUT2D eigenvalue weighted by atomic mass is 10.1. The number of amidine groups is 1. The van der Waals surface area contributed by atoms with Gasteiger partial charge in [0.15, 0.2) is 0 Å². The quantitative estimate of drug-likeness (QED) is 0.339. The predicted octanol–water partition coefficient (Wildman–Crippen LogP) is 2.54. The van der Waals surface area contributed by atoms with E-state index in [9.17, 15) is 9.90 Å². The number of carboxylic acid groups (broad SMARTS) is 1. The van der Waals surface area contributed by atoms with Gasteiger partial charge in [-0.05, 0) is 61.0 Å². The highest BCUT2D eigenvalue weighted by atomic mass is 16.5. The van der Waals surface area contributed by atoms with Crippen LogP contribution in [0.3, 0.4) is 0 Å². The number of fused-ring (bicyclic) bond motifs is 1. The molecular formula is C23H26N4O3. The second-order valence-corrected chi connectivity index (χ2v) is 7.68. The summed E-state index contributed by atoms with van der Waals surface area (Å²) in [6.07, 6.45) is 2.77. The molecule has 1 atom stereocenters. The Morgan fingerprint density at radius 2 is 2.00 bits per heavy atom. The largest absolute Gasteiger partial charge is 0.489 e. The van der Waals surface area contributed by atoms with Gasteiger partial charge in [0, 0.05) is 23.3 Å². The molecule has 0 amide bonds. The number of carbonyl (C=O) groups is 1. The minimum absolute atomic E-state index is 0.0304. The van der Waals surface area contributed by atoms with Gasteiger partial charge >= 0.3 is 5.97 Å². The Hall–Kier alpha value is -3.32. The molecule has 3 aromatic rings. The fourth-order valence-electron chi connectivity index (χ4n) is 3.94. The number of nitrogen functional groups attached to an aromatic ring is 1. The van der Waals surface area contributed by atoms with Crippen molar-refractivity contribution < 1.29 is 14.6 Å². The third kappa shape index (κ3) is 4.46. The highest BCUT2D eigenvalue weighted by molar-refractivity contribution is 5.99. The molecule has 30 heavy (non-hydrogen) atoms. The summed E-state index contributed by atoms with van der Waals surface area (Å²) in [6.45, 7) is 1.77. The molecule has 0 unspecified atom stereocenters. The molecule has 0 radical (unpaired) electrons. The van der Waals surface area contributed by atoms with Gasteiger partial charge in [-0.1, -0.05) is 24.3 Å². The van der Waals surface area contributed by atoms with Crippen molar-refractivity contribution in [3.05, 3.63) is 65.4 Å².